The third-order valence-corrected chi connectivity index (χ3v) is 2.25. The molecule has 76 valence electrons. The van der Waals surface area contributed by atoms with Crippen molar-refractivity contribution in [2.75, 3.05) is 5.48 Å². The monoisotopic (exact) mass is 217 g/mol. The number of hydrogen-bond acceptors (Lipinski definition) is 3. The van der Waals surface area contributed by atoms with Crippen molar-refractivity contribution in [1.82, 2.24) is 0 Å². The highest BCUT2D eigenvalue weighted by Gasteiger charge is 2.02. The summed E-state index contributed by atoms with van der Waals surface area (Å²) in [7, 11) is 0. The highest BCUT2D eigenvalue weighted by Crippen LogP contribution is 2.12. The van der Waals surface area contributed by atoms with Crippen LogP contribution in [0.2, 0.25) is 0 Å². The topological polar surface area (TPSA) is 21.3 Å². The van der Waals surface area contributed by atoms with Gasteiger partial charge in [-0.1, -0.05) is 36.5 Å². The minimum Gasteiger partial charge on any atom is -0.382 e. The van der Waals surface area contributed by atoms with Crippen molar-refractivity contribution < 1.29 is 4.84 Å². The summed E-state index contributed by atoms with van der Waals surface area (Å²) < 4.78 is 0. The lowest BCUT2D eigenvalue weighted by Gasteiger charge is -2.11. The third kappa shape index (κ3) is 2.92. The van der Waals surface area contributed by atoms with E-state index in [1.54, 1.807) is 0 Å². The Hall–Kier alpha value is -1.61. The second-order valence-electron chi connectivity index (χ2n) is 3.19. The minimum atomic E-state index is 0.745. The summed E-state index contributed by atoms with van der Waals surface area (Å²) in [5, 5.41) is 0. The van der Waals surface area contributed by atoms with Crippen LogP contribution in [0.3, 0.4) is 0 Å². The molecule has 3 heteroatoms. The van der Waals surface area contributed by atoms with Crippen LogP contribution in [0.5, 0.6) is 0 Å². The van der Waals surface area contributed by atoms with Gasteiger partial charge >= 0.3 is 0 Å². The van der Waals surface area contributed by atoms with Crippen LogP contribution in [0.15, 0.2) is 54.3 Å². The van der Waals surface area contributed by atoms with Gasteiger partial charge in [0.05, 0.1) is 5.69 Å². The van der Waals surface area contributed by atoms with E-state index in [1.807, 2.05) is 48.6 Å². The molecule has 15 heavy (non-hydrogen) atoms. The van der Waals surface area contributed by atoms with Crippen LogP contribution in [0, 0.1) is 0 Å². The highest BCUT2D eigenvalue weighted by atomic mass is 32.1. The first-order valence-corrected chi connectivity index (χ1v) is 5.14. The molecule has 1 aromatic rings. The fourth-order valence-corrected chi connectivity index (χ4v) is 1.46. The Balaban J connectivity index is 1.94. The summed E-state index contributed by atoms with van der Waals surface area (Å²) in [6, 6.07) is 9.72. The van der Waals surface area contributed by atoms with Crippen molar-refractivity contribution in [1.29, 1.82) is 0 Å². The van der Waals surface area contributed by atoms with Crippen molar-refractivity contribution in [3.8, 4) is 0 Å². The number of hydrogen-bond donors (Lipinski definition) is 1. The molecule has 2 rings (SSSR count). The zero-order valence-corrected chi connectivity index (χ0v) is 8.96. The molecule has 0 atom stereocenters. The smallest absolute Gasteiger partial charge is 0.155 e. The molecule has 1 aliphatic carbocycles. The number of para-hydroxylation sites is 1. The maximum absolute atomic E-state index is 5.38. The average molecular weight is 217 g/mol. The number of benzene rings is 1. The predicted molar refractivity (Wildman–Crippen MR) is 65.6 cm³/mol. The summed E-state index contributed by atoms with van der Waals surface area (Å²) in [6.45, 7) is 0. The van der Waals surface area contributed by atoms with Gasteiger partial charge in [-0.25, -0.2) is 5.48 Å². The van der Waals surface area contributed by atoms with Gasteiger partial charge in [0.1, 0.15) is 0 Å². The second kappa shape index (κ2) is 4.75. The lowest BCUT2D eigenvalue weighted by Crippen LogP contribution is -2.04. The molecule has 0 aliphatic heterocycles. The zero-order chi connectivity index (χ0) is 10.5. The van der Waals surface area contributed by atoms with Gasteiger partial charge in [-0.2, -0.15) is 0 Å². The molecule has 0 amide bonds. The molecule has 1 aliphatic rings. The number of anilines is 1. The van der Waals surface area contributed by atoms with Crippen LogP contribution in [0.25, 0.3) is 0 Å². The van der Waals surface area contributed by atoms with Crippen LogP contribution < -0.4 is 5.48 Å². The normalized spacial score (nSPS) is 14.7. The maximum atomic E-state index is 5.38. The van der Waals surface area contributed by atoms with E-state index in [0.717, 1.165) is 22.7 Å². The fraction of sp³-hybridized carbons (Fsp3) is 0.0833. The lowest BCUT2D eigenvalue weighted by molar-refractivity contribution is 0.300. The molecule has 0 bridgehead atoms. The fourth-order valence-electron chi connectivity index (χ4n) is 1.24. The predicted octanol–water partition coefficient (Wildman–Crippen LogP) is 3.24. The summed E-state index contributed by atoms with van der Waals surface area (Å²) in [5.41, 5.74) is 3.78. The minimum absolute atomic E-state index is 0.745. The van der Waals surface area contributed by atoms with E-state index in [9.17, 15) is 0 Å². The Labute approximate surface area is 94.2 Å². The molecule has 0 radical (unpaired) electrons. The van der Waals surface area contributed by atoms with Gasteiger partial charge in [-0.15, -0.1) is 0 Å². The maximum Gasteiger partial charge on any atom is 0.155 e. The van der Waals surface area contributed by atoms with E-state index < -0.39 is 0 Å². The Morgan fingerprint density at radius 1 is 1.20 bits per heavy atom. The molecule has 0 aromatic heterocycles. The SMILES string of the molecule is S=C1C=C(ONc2ccccc2)C=CC1. The molecule has 2 nitrogen and oxygen atoms in total. The first-order chi connectivity index (χ1) is 7.34. The summed E-state index contributed by atoms with van der Waals surface area (Å²) in [5.74, 6) is 0.745. The standard InChI is InChI=1S/C12H11NOS/c15-12-8-4-7-11(9-12)14-13-10-5-2-1-3-6-10/h1-7,9,13H,8H2. The molecular formula is C12H11NOS. The van der Waals surface area contributed by atoms with Crippen molar-refractivity contribution in [2.24, 2.45) is 0 Å². The highest BCUT2D eigenvalue weighted by molar-refractivity contribution is 7.80. The van der Waals surface area contributed by atoms with E-state index in [-0.39, 0.29) is 0 Å². The Kier molecular flexibility index (Phi) is 3.15. The summed E-state index contributed by atoms with van der Waals surface area (Å²) >= 11 is 5.08. The molecule has 0 saturated heterocycles. The Morgan fingerprint density at radius 3 is 2.73 bits per heavy atom. The Morgan fingerprint density at radius 2 is 2.00 bits per heavy atom. The van der Waals surface area contributed by atoms with Crippen molar-refractivity contribution in [3.63, 3.8) is 0 Å². The Bertz CT molecular complexity index is 409. The van der Waals surface area contributed by atoms with E-state index in [4.69, 9.17) is 17.1 Å². The lowest BCUT2D eigenvalue weighted by atomic mass is 10.2. The van der Waals surface area contributed by atoms with Crippen molar-refractivity contribution in [2.45, 2.75) is 6.42 Å². The zero-order valence-electron chi connectivity index (χ0n) is 8.14. The molecule has 0 spiro atoms. The molecule has 1 N–H and O–H groups in total. The van der Waals surface area contributed by atoms with Gasteiger partial charge in [0.25, 0.3) is 0 Å². The van der Waals surface area contributed by atoms with Gasteiger partial charge in [-0.3, -0.25) is 0 Å². The van der Waals surface area contributed by atoms with E-state index in [0.29, 0.717) is 0 Å². The van der Waals surface area contributed by atoms with Crippen LogP contribution in [0.4, 0.5) is 5.69 Å². The quantitative estimate of drug-likeness (QED) is 0.620. The van der Waals surface area contributed by atoms with Crippen molar-refractivity contribution in [3.05, 3.63) is 54.3 Å². The molecule has 0 saturated carbocycles. The van der Waals surface area contributed by atoms with Crippen LogP contribution in [-0.2, 0) is 4.84 Å². The summed E-state index contributed by atoms with van der Waals surface area (Å²) in [6.07, 6.45) is 6.58. The van der Waals surface area contributed by atoms with E-state index in [1.165, 1.54) is 0 Å². The largest absolute Gasteiger partial charge is 0.382 e. The molecule has 0 unspecified atom stereocenters. The van der Waals surface area contributed by atoms with Gasteiger partial charge < -0.3 is 4.84 Å². The second-order valence-corrected chi connectivity index (χ2v) is 3.71. The van der Waals surface area contributed by atoms with Gasteiger partial charge in [0.15, 0.2) is 5.76 Å². The van der Waals surface area contributed by atoms with Crippen LogP contribution >= 0.6 is 12.2 Å². The molecule has 1 aromatic carbocycles. The van der Waals surface area contributed by atoms with E-state index in [2.05, 4.69) is 5.48 Å². The number of rotatable bonds is 3. The third-order valence-electron chi connectivity index (χ3n) is 1.96. The first kappa shape index (κ1) is 9.93. The van der Waals surface area contributed by atoms with Crippen LogP contribution in [0.1, 0.15) is 6.42 Å². The molecule has 0 fully saturated rings. The van der Waals surface area contributed by atoms with Gasteiger partial charge in [-0.05, 0) is 24.3 Å². The van der Waals surface area contributed by atoms with Gasteiger partial charge in [0.2, 0.25) is 0 Å². The first-order valence-electron chi connectivity index (χ1n) is 4.73. The van der Waals surface area contributed by atoms with Crippen molar-refractivity contribution >= 4 is 22.8 Å². The summed E-state index contributed by atoms with van der Waals surface area (Å²) in [4.78, 5) is 6.27. The van der Waals surface area contributed by atoms with Gasteiger partial charge in [0, 0.05) is 11.3 Å². The van der Waals surface area contributed by atoms with E-state index >= 15 is 0 Å². The number of allylic oxidation sites excluding steroid dienone is 3. The number of thiocarbonyl (C=S) groups is 1. The number of nitrogens with one attached hydrogen (secondary N) is 1. The molecular weight excluding hydrogens is 206 g/mol. The molecule has 0 heterocycles. The van der Waals surface area contributed by atoms with Crippen LogP contribution in [-0.4, -0.2) is 4.86 Å². The average Bonchev–Trinajstić information content (AvgIpc) is 2.28.